The van der Waals surface area contributed by atoms with Crippen LogP contribution in [0.1, 0.15) is 34.0 Å². The van der Waals surface area contributed by atoms with E-state index in [0.29, 0.717) is 5.56 Å². The second kappa shape index (κ2) is 7.07. The smallest absolute Gasteiger partial charge is 0.438 e. The molecule has 0 N–H and O–H groups in total. The molecule has 2 atom stereocenters. The second-order valence-electron chi connectivity index (χ2n) is 5.20. The predicted octanol–water partition coefficient (Wildman–Crippen LogP) is 3.77. The van der Waals surface area contributed by atoms with E-state index in [1.807, 2.05) is 32.9 Å². The average molecular weight is 290 g/mol. The van der Waals surface area contributed by atoms with Gasteiger partial charge in [-0.25, -0.2) is 4.79 Å². The molecule has 114 valence electrons. The Balaban J connectivity index is 3.07. The highest BCUT2D eigenvalue weighted by Crippen LogP contribution is 2.23. The Morgan fingerprint density at radius 2 is 1.71 bits per heavy atom. The van der Waals surface area contributed by atoms with Gasteiger partial charge in [-0.15, -0.1) is 0 Å². The monoisotopic (exact) mass is 290 g/mol. The molecule has 0 aliphatic rings. The Bertz CT molecular complexity index is 537. The van der Waals surface area contributed by atoms with Crippen LogP contribution in [0, 0.1) is 26.7 Å². The molecule has 0 heterocycles. The fourth-order valence-corrected chi connectivity index (χ4v) is 2.46. The summed E-state index contributed by atoms with van der Waals surface area (Å²) in [6, 6.07) is 3.94. The first-order valence-electron chi connectivity index (χ1n) is 6.81. The van der Waals surface area contributed by atoms with Crippen molar-refractivity contribution < 1.29 is 19.1 Å². The standard InChI is InChI=1S/C17H22O4/c1-7-14(21-17(19)20-6)13(5)16(18)15-11(3)8-10(2)9-12(15)4/h7-9,13-14H,1H2,2-6H3/t13-,14+/m0/s1. The Labute approximate surface area is 125 Å². The molecular formula is C17H22O4. The Morgan fingerprint density at radius 1 is 1.19 bits per heavy atom. The van der Waals surface area contributed by atoms with Crippen LogP contribution in [0.5, 0.6) is 0 Å². The van der Waals surface area contributed by atoms with Crippen LogP contribution in [0.25, 0.3) is 0 Å². The highest BCUT2D eigenvalue weighted by Gasteiger charge is 2.28. The number of aryl methyl sites for hydroxylation is 3. The van der Waals surface area contributed by atoms with Crippen LogP contribution in [0.2, 0.25) is 0 Å². The van der Waals surface area contributed by atoms with Crippen LogP contribution in [0.15, 0.2) is 24.8 Å². The third kappa shape index (κ3) is 3.94. The Kier molecular flexibility index (Phi) is 5.70. The summed E-state index contributed by atoms with van der Waals surface area (Å²) < 4.78 is 9.52. The van der Waals surface area contributed by atoms with Crippen molar-refractivity contribution in [3.63, 3.8) is 0 Å². The zero-order valence-electron chi connectivity index (χ0n) is 13.2. The van der Waals surface area contributed by atoms with Gasteiger partial charge in [-0.3, -0.25) is 4.79 Å². The van der Waals surface area contributed by atoms with Crippen LogP contribution in [-0.2, 0) is 9.47 Å². The lowest BCUT2D eigenvalue weighted by molar-refractivity contribution is 0.0345. The SMILES string of the molecule is C=C[C@@H](OC(=O)OC)[C@H](C)C(=O)c1c(C)cc(C)cc1C. The zero-order valence-corrected chi connectivity index (χ0v) is 13.2. The molecule has 0 aromatic heterocycles. The van der Waals surface area contributed by atoms with Gasteiger partial charge >= 0.3 is 6.16 Å². The van der Waals surface area contributed by atoms with Gasteiger partial charge in [-0.1, -0.05) is 37.3 Å². The second-order valence-corrected chi connectivity index (χ2v) is 5.20. The summed E-state index contributed by atoms with van der Waals surface area (Å²) in [5, 5.41) is 0. The van der Waals surface area contributed by atoms with E-state index in [1.54, 1.807) is 6.92 Å². The molecule has 4 nitrogen and oxygen atoms in total. The van der Waals surface area contributed by atoms with Crippen LogP contribution in [0.4, 0.5) is 4.79 Å². The minimum absolute atomic E-state index is 0.0706. The van der Waals surface area contributed by atoms with Crippen molar-refractivity contribution in [2.24, 2.45) is 5.92 Å². The number of rotatable bonds is 5. The highest BCUT2D eigenvalue weighted by atomic mass is 16.7. The highest BCUT2D eigenvalue weighted by molar-refractivity contribution is 6.00. The maximum Gasteiger partial charge on any atom is 0.508 e. The van der Waals surface area contributed by atoms with E-state index in [-0.39, 0.29) is 5.78 Å². The molecule has 1 aromatic carbocycles. The lowest BCUT2D eigenvalue weighted by Crippen LogP contribution is -2.30. The maximum atomic E-state index is 12.7. The van der Waals surface area contributed by atoms with E-state index in [9.17, 15) is 9.59 Å². The van der Waals surface area contributed by atoms with Gasteiger partial charge in [0.15, 0.2) is 5.78 Å². The first-order chi connectivity index (χ1) is 9.81. The molecule has 0 spiro atoms. The first kappa shape index (κ1) is 17.0. The third-order valence-corrected chi connectivity index (χ3v) is 3.46. The summed E-state index contributed by atoms with van der Waals surface area (Å²) in [6.45, 7) is 11.1. The molecule has 0 saturated heterocycles. The molecule has 0 fully saturated rings. The molecule has 1 rings (SSSR count). The van der Waals surface area contributed by atoms with Crippen molar-refractivity contribution >= 4 is 11.9 Å². The molecule has 0 aliphatic heterocycles. The number of ketones is 1. The van der Waals surface area contributed by atoms with Gasteiger partial charge in [-0.05, 0) is 31.9 Å². The number of carbonyl (C=O) groups excluding carboxylic acids is 2. The summed E-state index contributed by atoms with van der Waals surface area (Å²) in [6.07, 6.45) is -0.0971. The minimum atomic E-state index is -0.822. The van der Waals surface area contributed by atoms with Crippen LogP contribution in [0.3, 0.4) is 0 Å². The lowest BCUT2D eigenvalue weighted by Gasteiger charge is -2.21. The van der Waals surface area contributed by atoms with Gasteiger partial charge in [-0.2, -0.15) is 0 Å². The average Bonchev–Trinajstić information content (AvgIpc) is 2.42. The van der Waals surface area contributed by atoms with E-state index in [4.69, 9.17) is 4.74 Å². The molecule has 0 aliphatic carbocycles. The van der Waals surface area contributed by atoms with Gasteiger partial charge in [0.1, 0.15) is 6.10 Å². The van der Waals surface area contributed by atoms with E-state index >= 15 is 0 Å². The van der Waals surface area contributed by atoms with Crippen molar-refractivity contribution in [3.8, 4) is 0 Å². The number of Topliss-reactive ketones (excluding diaryl/α,β-unsaturated/α-hetero) is 1. The van der Waals surface area contributed by atoms with Crippen LogP contribution in [-0.4, -0.2) is 25.2 Å². The molecule has 0 amide bonds. The summed E-state index contributed by atoms with van der Waals surface area (Å²) in [4.78, 5) is 23.9. The van der Waals surface area contributed by atoms with Crippen LogP contribution < -0.4 is 0 Å². The van der Waals surface area contributed by atoms with E-state index in [1.165, 1.54) is 13.2 Å². The van der Waals surface area contributed by atoms with Crippen molar-refractivity contribution in [1.82, 2.24) is 0 Å². The summed E-state index contributed by atoms with van der Waals surface area (Å²) in [5.74, 6) is -0.597. The van der Waals surface area contributed by atoms with E-state index < -0.39 is 18.2 Å². The molecule has 0 bridgehead atoms. The normalized spacial score (nSPS) is 13.2. The first-order valence-corrected chi connectivity index (χ1v) is 6.81. The lowest BCUT2D eigenvalue weighted by atomic mass is 9.88. The van der Waals surface area contributed by atoms with Crippen molar-refractivity contribution in [2.75, 3.05) is 7.11 Å². The number of benzene rings is 1. The quantitative estimate of drug-likeness (QED) is 0.470. The number of hydrogen-bond donors (Lipinski definition) is 0. The minimum Gasteiger partial charge on any atom is -0.438 e. The Morgan fingerprint density at radius 3 is 2.14 bits per heavy atom. The van der Waals surface area contributed by atoms with Crippen molar-refractivity contribution in [1.29, 1.82) is 0 Å². The van der Waals surface area contributed by atoms with Gasteiger partial charge in [0.05, 0.1) is 13.0 Å². The predicted molar refractivity (Wildman–Crippen MR) is 81.6 cm³/mol. The molecule has 21 heavy (non-hydrogen) atoms. The van der Waals surface area contributed by atoms with Gasteiger partial charge in [0, 0.05) is 5.56 Å². The number of ether oxygens (including phenoxy) is 2. The largest absolute Gasteiger partial charge is 0.508 e. The third-order valence-electron chi connectivity index (χ3n) is 3.46. The summed E-state index contributed by atoms with van der Waals surface area (Å²) in [5.41, 5.74) is 3.63. The molecular weight excluding hydrogens is 268 g/mol. The van der Waals surface area contributed by atoms with Crippen molar-refractivity contribution in [2.45, 2.75) is 33.8 Å². The fraction of sp³-hybridized carbons (Fsp3) is 0.412. The van der Waals surface area contributed by atoms with Gasteiger partial charge in [0.2, 0.25) is 0 Å². The molecule has 0 unspecified atom stereocenters. The maximum absolute atomic E-state index is 12.7. The van der Waals surface area contributed by atoms with Crippen LogP contribution >= 0.6 is 0 Å². The summed E-state index contributed by atoms with van der Waals surface area (Å²) >= 11 is 0. The van der Waals surface area contributed by atoms with Crippen molar-refractivity contribution in [3.05, 3.63) is 47.0 Å². The topological polar surface area (TPSA) is 52.6 Å². The van der Waals surface area contributed by atoms with Gasteiger partial charge < -0.3 is 9.47 Å². The summed E-state index contributed by atoms with van der Waals surface area (Å²) in [7, 11) is 1.23. The van der Waals surface area contributed by atoms with E-state index in [2.05, 4.69) is 11.3 Å². The number of carbonyl (C=O) groups is 2. The molecule has 4 heteroatoms. The van der Waals surface area contributed by atoms with E-state index in [0.717, 1.165) is 16.7 Å². The number of hydrogen-bond acceptors (Lipinski definition) is 4. The van der Waals surface area contributed by atoms with Gasteiger partial charge in [0.25, 0.3) is 0 Å². The number of methoxy groups -OCH3 is 1. The molecule has 0 saturated carbocycles. The molecule has 0 radical (unpaired) electrons. The Hall–Kier alpha value is -2.10. The molecule has 1 aromatic rings. The zero-order chi connectivity index (χ0) is 16.2. The fourth-order valence-electron chi connectivity index (χ4n) is 2.46.